The number of likely N-dealkylation sites (tertiary alicyclic amines) is 1. The molecule has 6 nitrogen and oxygen atoms in total. The highest BCUT2D eigenvalue weighted by Gasteiger charge is 2.37. The summed E-state index contributed by atoms with van der Waals surface area (Å²) in [5.41, 5.74) is 1.81. The first-order chi connectivity index (χ1) is 12.0. The second-order valence-electron chi connectivity index (χ2n) is 7.27. The lowest BCUT2D eigenvalue weighted by atomic mass is 9.68. The van der Waals surface area contributed by atoms with Gasteiger partial charge in [0, 0.05) is 13.0 Å². The predicted octanol–water partition coefficient (Wildman–Crippen LogP) is 3.12. The van der Waals surface area contributed by atoms with E-state index in [2.05, 4.69) is 35.0 Å². The summed E-state index contributed by atoms with van der Waals surface area (Å²) in [6.07, 6.45) is 5.93. The fourth-order valence-corrected chi connectivity index (χ4v) is 3.71. The maximum Gasteiger partial charge on any atom is 0.143 e. The highest BCUT2D eigenvalue weighted by molar-refractivity contribution is 5.46. The quantitative estimate of drug-likeness (QED) is 0.905. The lowest BCUT2D eigenvalue weighted by molar-refractivity contribution is 0.0616. The molecular formula is C19H25N5O. The third kappa shape index (κ3) is 3.67. The molecule has 25 heavy (non-hydrogen) atoms. The Kier molecular flexibility index (Phi) is 5.05. The van der Waals surface area contributed by atoms with Crippen LogP contribution in [-0.4, -0.2) is 38.1 Å². The number of hydrogen-bond acceptors (Lipinski definition) is 5. The summed E-state index contributed by atoms with van der Waals surface area (Å²) >= 11 is 0. The highest BCUT2D eigenvalue weighted by Crippen LogP contribution is 2.41. The first-order valence-electron chi connectivity index (χ1n) is 8.82. The van der Waals surface area contributed by atoms with Crippen LogP contribution in [0.2, 0.25) is 0 Å². The Balaban J connectivity index is 1.65. The molecule has 1 saturated heterocycles. The SMILES string of the molecule is CC(C)C1(CC#N)CCN(Cc2ccc(-n3nccn3)c(O)c2)CC1. The number of rotatable bonds is 5. The number of piperidine rings is 1. The topological polar surface area (TPSA) is 78.0 Å². The number of phenolic OH excluding ortho intramolecular Hbond substituents is 1. The normalized spacial score (nSPS) is 17.5. The average Bonchev–Trinajstić information content (AvgIpc) is 3.11. The lowest BCUT2D eigenvalue weighted by Crippen LogP contribution is -2.42. The summed E-state index contributed by atoms with van der Waals surface area (Å²) in [4.78, 5) is 3.82. The summed E-state index contributed by atoms with van der Waals surface area (Å²) in [6.45, 7) is 7.24. The van der Waals surface area contributed by atoms with Gasteiger partial charge in [0.1, 0.15) is 11.4 Å². The van der Waals surface area contributed by atoms with Crippen LogP contribution in [0.1, 0.15) is 38.7 Å². The van der Waals surface area contributed by atoms with Crippen LogP contribution < -0.4 is 0 Å². The van der Waals surface area contributed by atoms with Gasteiger partial charge in [-0.3, -0.25) is 4.90 Å². The minimum absolute atomic E-state index is 0.156. The third-order valence-electron chi connectivity index (χ3n) is 5.59. The Labute approximate surface area is 148 Å². The maximum absolute atomic E-state index is 10.3. The second-order valence-corrected chi connectivity index (χ2v) is 7.27. The fourth-order valence-electron chi connectivity index (χ4n) is 3.71. The molecule has 0 aliphatic carbocycles. The summed E-state index contributed by atoms with van der Waals surface area (Å²) < 4.78 is 0. The minimum atomic E-state index is 0.156. The van der Waals surface area contributed by atoms with Gasteiger partial charge in [0.25, 0.3) is 0 Å². The Morgan fingerprint density at radius 1 is 1.24 bits per heavy atom. The molecule has 1 aliphatic rings. The van der Waals surface area contributed by atoms with Gasteiger partial charge in [-0.05, 0) is 55.0 Å². The molecular weight excluding hydrogens is 314 g/mol. The Morgan fingerprint density at radius 3 is 2.48 bits per heavy atom. The van der Waals surface area contributed by atoms with Crippen molar-refractivity contribution in [1.29, 1.82) is 5.26 Å². The van der Waals surface area contributed by atoms with E-state index in [1.807, 2.05) is 12.1 Å². The van der Waals surface area contributed by atoms with E-state index in [4.69, 9.17) is 5.26 Å². The van der Waals surface area contributed by atoms with E-state index < -0.39 is 0 Å². The molecule has 6 heteroatoms. The first kappa shape index (κ1) is 17.4. The van der Waals surface area contributed by atoms with Crippen LogP contribution in [0.3, 0.4) is 0 Å². The molecule has 0 atom stereocenters. The monoisotopic (exact) mass is 339 g/mol. The molecule has 1 aromatic heterocycles. The van der Waals surface area contributed by atoms with Gasteiger partial charge in [0.05, 0.1) is 18.5 Å². The number of benzene rings is 1. The predicted molar refractivity (Wildman–Crippen MR) is 95.0 cm³/mol. The van der Waals surface area contributed by atoms with E-state index in [9.17, 15) is 5.11 Å². The maximum atomic E-state index is 10.3. The van der Waals surface area contributed by atoms with Crippen LogP contribution >= 0.6 is 0 Å². The number of aromatic hydroxyl groups is 1. The van der Waals surface area contributed by atoms with Crippen molar-refractivity contribution in [2.75, 3.05) is 13.1 Å². The summed E-state index contributed by atoms with van der Waals surface area (Å²) in [7, 11) is 0. The molecule has 2 heterocycles. The van der Waals surface area contributed by atoms with Gasteiger partial charge < -0.3 is 5.11 Å². The number of phenols is 1. The van der Waals surface area contributed by atoms with Crippen LogP contribution in [0.5, 0.6) is 5.75 Å². The van der Waals surface area contributed by atoms with Crippen molar-refractivity contribution in [3.63, 3.8) is 0 Å². The minimum Gasteiger partial charge on any atom is -0.506 e. The Hall–Kier alpha value is -2.39. The van der Waals surface area contributed by atoms with Crippen LogP contribution in [0, 0.1) is 22.7 Å². The highest BCUT2D eigenvalue weighted by atomic mass is 16.3. The molecule has 0 saturated carbocycles. The first-order valence-corrected chi connectivity index (χ1v) is 8.82. The molecule has 1 fully saturated rings. The molecule has 0 bridgehead atoms. The van der Waals surface area contributed by atoms with Gasteiger partial charge in [0.15, 0.2) is 0 Å². The van der Waals surface area contributed by atoms with Crippen LogP contribution in [0.4, 0.5) is 0 Å². The van der Waals surface area contributed by atoms with Crippen LogP contribution in [-0.2, 0) is 6.54 Å². The van der Waals surface area contributed by atoms with Gasteiger partial charge in [-0.2, -0.15) is 15.5 Å². The standard InChI is InChI=1S/C19H25N5O/c1-15(2)19(5-8-20)6-11-23(12-7-19)14-16-3-4-17(18(25)13-16)24-21-9-10-22-24/h3-4,9-10,13,15,25H,5-7,11-12,14H2,1-2H3. The van der Waals surface area contributed by atoms with E-state index in [1.54, 1.807) is 18.5 Å². The molecule has 132 valence electrons. The molecule has 0 spiro atoms. The van der Waals surface area contributed by atoms with Gasteiger partial charge >= 0.3 is 0 Å². The average molecular weight is 339 g/mol. The smallest absolute Gasteiger partial charge is 0.143 e. The van der Waals surface area contributed by atoms with Gasteiger partial charge in [0.2, 0.25) is 0 Å². The van der Waals surface area contributed by atoms with Crippen molar-refractivity contribution in [2.45, 2.75) is 39.7 Å². The zero-order valence-corrected chi connectivity index (χ0v) is 14.9. The lowest BCUT2D eigenvalue weighted by Gasteiger charge is -2.43. The van der Waals surface area contributed by atoms with E-state index in [-0.39, 0.29) is 11.2 Å². The third-order valence-corrected chi connectivity index (χ3v) is 5.59. The largest absolute Gasteiger partial charge is 0.506 e. The van der Waals surface area contributed by atoms with Crippen molar-refractivity contribution in [2.24, 2.45) is 11.3 Å². The Bertz CT molecular complexity index is 740. The van der Waals surface area contributed by atoms with E-state index in [0.29, 0.717) is 18.0 Å². The molecule has 1 aliphatic heterocycles. The zero-order valence-electron chi connectivity index (χ0n) is 14.9. The van der Waals surface area contributed by atoms with Gasteiger partial charge in [-0.25, -0.2) is 0 Å². The molecule has 3 rings (SSSR count). The summed E-state index contributed by atoms with van der Waals surface area (Å²) in [5, 5.41) is 27.5. The van der Waals surface area contributed by atoms with E-state index in [1.165, 1.54) is 4.80 Å². The number of hydrogen-bond donors (Lipinski definition) is 1. The van der Waals surface area contributed by atoms with Crippen molar-refractivity contribution >= 4 is 0 Å². The molecule has 2 aromatic rings. The van der Waals surface area contributed by atoms with Crippen molar-refractivity contribution in [1.82, 2.24) is 19.9 Å². The molecule has 1 aromatic carbocycles. The van der Waals surface area contributed by atoms with Crippen molar-refractivity contribution in [3.05, 3.63) is 36.2 Å². The molecule has 1 N–H and O–H groups in total. The molecule has 0 unspecified atom stereocenters. The van der Waals surface area contributed by atoms with Gasteiger partial charge in [-0.1, -0.05) is 19.9 Å². The summed E-state index contributed by atoms with van der Waals surface area (Å²) in [6, 6.07) is 8.04. The zero-order chi connectivity index (χ0) is 17.9. The number of nitriles is 1. The fraction of sp³-hybridized carbons (Fsp3) is 0.526. The van der Waals surface area contributed by atoms with Crippen LogP contribution in [0.25, 0.3) is 5.69 Å². The molecule has 0 amide bonds. The Morgan fingerprint density at radius 2 is 1.92 bits per heavy atom. The van der Waals surface area contributed by atoms with E-state index >= 15 is 0 Å². The van der Waals surface area contributed by atoms with Crippen molar-refractivity contribution in [3.8, 4) is 17.5 Å². The summed E-state index contributed by atoms with van der Waals surface area (Å²) in [5.74, 6) is 0.714. The number of nitrogens with zero attached hydrogens (tertiary/aromatic N) is 5. The van der Waals surface area contributed by atoms with Crippen LogP contribution in [0.15, 0.2) is 30.6 Å². The van der Waals surface area contributed by atoms with Gasteiger partial charge in [-0.15, -0.1) is 4.80 Å². The van der Waals surface area contributed by atoms with E-state index in [0.717, 1.165) is 38.0 Å². The second kappa shape index (κ2) is 7.24. The van der Waals surface area contributed by atoms with Crippen molar-refractivity contribution < 1.29 is 5.11 Å². The number of aromatic nitrogens is 3. The molecule has 0 radical (unpaired) electrons.